The molecule has 0 fully saturated rings. The SMILES string of the molecule is CC(C)C(O)CN(C)C.CCN(C)CC(O)C(C)(C)C.CCN(C)CC(O)C(C)C.CCNCC(O)C(C)(C)C.CCNCC(O)C(C)C.CN(C)CC(O)C(C)(C)C.CNCC(O)C(C)(C)C.CNCC(O)C(C)C.[Pm].[Pm].[Pm].[Pm].[Pm].[Pm].[Pm].[Pm]. The molecule has 0 saturated carbocycles. The third kappa shape index (κ3) is 108. The Morgan fingerprint density at radius 2 is 0.548 bits per heavy atom. The van der Waals surface area contributed by atoms with Gasteiger partial charge in [0.05, 0.1) is 48.8 Å². The summed E-state index contributed by atoms with van der Waals surface area (Å²) in [4.78, 5) is 8.22. The summed E-state index contributed by atoms with van der Waals surface area (Å²) < 4.78 is 0. The molecule has 8 atom stereocenters. The number of aliphatic hydroxyl groups is 8. The Morgan fingerprint density at radius 1 is 0.310 bits per heavy atom. The second-order valence-electron chi connectivity index (χ2n) is 26.7. The van der Waals surface area contributed by atoms with Crippen molar-refractivity contribution in [1.29, 1.82) is 0 Å². The third-order valence-corrected chi connectivity index (χ3v) is 12.2. The Kier molecular flexibility index (Phi) is 131. The maximum atomic E-state index is 9.65. The molecule has 16 nitrogen and oxygen atoms in total. The Labute approximate surface area is 784 Å². The van der Waals surface area contributed by atoms with E-state index in [0.29, 0.717) is 49.9 Å². The average Bonchev–Trinajstić information content (AvgIpc) is 3.27. The van der Waals surface area contributed by atoms with Crippen LogP contribution in [0.2, 0.25) is 0 Å². The van der Waals surface area contributed by atoms with E-state index in [4.69, 9.17) is 5.11 Å². The van der Waals surface area contributed by atoms with Crippen molar-refractivity contribution in [3.63, 3.8) is 0 Å². The van der Waals surface area contributed by atoms with Crippen molar-refractivity contribution in [2.75, 3.05) is 135 Å². The molecule has 0 aromatic heterocycles. The van der Waals surface area contributed by atoms with Gasteiger partial charge in [0.15, 0.2) is 0 Å². The topological polar surface area (TPSA) is 223 Å². The summed E-state index contributed by atoms with van der Waals surface area (Å²) in [6.07, 6.45) is -1.69. The van der Waals surface area contributed by atoms with E-state index in [1.165, 1.54) is 0 Å². The minimum Gasteiger partial charge on any atom is -0.392 e. The molecule has 0 aromatic carbocycles. The molecule has 0 saturated heterocycles. The molecule has 0 rings (SSSR count). The summed E-state index contributed by atoms with van der Waals surface area (Å²) in [7, 11) is 15.6. The van der Waals surface area contributed by atoms with E-state index in [0.717, 1.165) is 52.4 Å². The number of rotatable bonds is 24. The first-order chi connectivity index (χ1) is 34.1. The van der Waals surface area contributed by atoms with Crippen LogP contribution < -0.4 is 21.3 Å². The van der Waals surface area contributed by atoms with Gasteiger partial charge in [-0.3, -0.25) is 0 Å². The van der Waals surface area contributed by atoms with Crippen LogP contribution in [0.15, 0.2) is 0 Å². The monoisotopic (exact) mass is 2260 g/mol. The van der Waals surface area contributed by atoms with E-state index >= 15 is 0 Å². The molecule has 0 aliphatic heterocycles. The van der Waals surface area contributed by atoms with Crippen molar-refractivity contribution < 1.29 is 364 Å². The maximum absolute atomic E-state index is 9.65. The van der Waals surface area contributed by atoms with Crippen LogP contribution in [0.5, 0.6) is 0 Å². The molecular weight excluding hydrogens is 2120 g/mol. The summed E-state index contributed by atoms with van der Waals surface area (Å²) >= 11 is 0. The van der Waals surface area contributed by atoms with E-state index in [2.05, 4.69) is 65.7 Å². The van der Waals surface area contributed by atoms with Gasteiger partial charge in [0, 0.05) is 375 Å². The van der Waals surface area contributed by atoms with Crippen LogP contribution in [0.1, 0.15) is 166 Å². The predicted molar refractivity (Wildman–Crippen MR) is 334 cm³/mol. The minimum absolute atomic E-state index is 0. The summed E-state index contributed by atoms with van der Waals surface area (Å²) in [5, 5.41) is 86.8. The van der Waals surface area contributed by atoms with Gasteiger partial charge >= 0.3 is 0 Å². The first-order valence-electron chi connectivity index (χ1n) is 29.0. The van der Waals surface area contributed by atoms with Gasteiger partial charge < -0.3 is 81.7 Å². The van der Waals surface area contributed by atoms with E-state index in [9.17, 15) is 35.7 Å². The van der Waals surface area contributed by atoms with Crippen LogP contribution in [0, 0.1) is 368 Å². The second kappa shape index (κ2) is 82.0. The zero-order valence-electron chi connectivity index (χ0n) is 60.4. The molecule has 8 radical (unpaired) electrons. The second-order valence-corrected chi connectivity index (χ2v) is 26.7. The van der Waals surface area contributed by atoms with Gasteiger partial charge in [-0.15, -0.1) is 0 Å². The van der Waals surface area contributed by atoms with E-state index in [1.807, 2.05) is 198 Å². The molecule has 24 heteroatoms. The zero-order chi connectivity index (χ0) is 62.6. The standard InChI is InChI=1S/C9H21NO.3C8H19NO.3C7H17NO.C6H15NO.8Pm/c1-6-10(5)7-8(11)9(2,3)4;1-8(2,3)7(10)6-9(4)5;1-5-9-6-7(10)8(2,3)4;1-5-9(4)6-8(10)7(2)3;1-7(2,3)6(9)5-8-4;1-6(2)7(9)5-8(3)4;1-4-8-5-7(9)6(2)3;1-5(2)6(8)4-7-3;;;;;;;;/h8,11H,6-7H2,1-5H3;7,10H,6H2,1-5H3;7,9-10H,5-6H2,1-4H3;7-8,10H,5-6H2,1-4H3;6,8-9H,5H2,1-4H3;6-7,9H,5H2,1-4H3;6-9H,4-5H2,1-3H3;5-8H,4H2,1-3H3;;;;;;;;. The number of hydrogen-bond acceptors (Lipinski definition) is 16. The van der Waals surface area contributed by atoms with E-state index in [1.54, 1.807) is 0 Å². The Balaban J connectivity index is -0.0000000444. The Bertz CT molecular complexity index is 1200. The zero-order valence-corrected chi connectivity index (χ0v) is 83.3. The van der Waals surface area contributed by atoms with Crippen molar-refractivity contribution in [3.05, 3.63) is 0 Å². The van der Waals surface area contributed by atoms with Gasteiger partial charge in [-0.25, -0.2) is 0 Å². The summed E-state index contributed by atoms with van der Waals surface area (Å²) in [5.41, 5.74) is 0.0128. The summed E-state index contributed by atoms with van der Waals surface area (Å²) in [6.45, 7) is 58.6. The van der Waals surface area contributed by atoms with Gasteiger partial charge in [-0.05, 0) is 128 Å². The van der Waals surface area contributed by atoms with Crippen LogP contribution in [0.4, 0.5) is 0 Å². The summed E-state index contributed by atoms with van der Waals surface area (Å²) in [5.74, 6) is 1.47. The van der Waals surface area contributed by atoms with Crippen LogP contribution in [-0.4, -0.2) is 244 Å². The molecule has 0 aliphatic carbocycles. The van der Waals surface area contributed by atoms with E-state index < -0.39 is 0 Å². The molecule has 512 valence electrons. The molecular formula is C60H144N8O8Pm8. The average molecular weight is 2270 g/mol. The van der Waals surface area contributed by atoms with Crippen molar-refractivity contribution in [2.24, 2.45) is 45.3 Å². The minimum atomic E-state index is -0.248. The molecule has 84 heavy (non-hydrogen) atoms. The van der Waals surface area contributed by atoms with Crippen LogP contribution >= 0.6 is 0 Å². The van der Waals surface area contributed by atoms with Crippen LogP contribution in [0.3, 0.4) is 0 Å². The molecule has 0 aromatic rings. The quantitative estimate of drug-likeness (QED) is 0.0512. The molecule has 0 bridgehead atoms. The molecule has 8 unspecified atom stereocenters. The fraction of sp³-hybridized carbons (Fsp3) is 1.00. The fourth-order valence-electron chi connectivity index (χ4n) is 4.62. The fourth-order valence-corrected chi connectivity index (χ4v) is 4.62. The van der Waals surface area contributed by atoms with Crippen molar-refractivity contribution in [3.8, 4) is 0 Å². The largest absolute Gasteiger partial charge is 0.392 e. The van der Waals surface area contributed by atoms with Gasteiger partial charge in [0.25, 0.3) is 0 Å². The molecule has 0 heterocycles. The molecule has 0 amide bonds. The normalized spacial score (nSPS) is 13.7. The van der Waals surface area contributed by atoms with Crippen molar-refractivity contribution in [1.82, 2.24) is 40.9 Å². The smallest absolute Gasteiger partial charge is 0.0715 e. The molecule has 0 spiro atoms. The summed E-state index contributed by atoms with van der Waals surface area (Å²) in [6, 6.07) is 0. The van der Waals surface area contributed by atoms with Gasteiger partial charge in [-0.2, -0.15) is 0 Å². The molecule has 12 N–H and O–H groups in total. The Hall–Kier alpha value is 10.1. The van der Waals surface area contributed by atoms with Crippen molar-refractivity contribution in [2.45, 2.75) is 215 Å². The maximum Gasteiger partial charge on any atom is 0.0715 e. The number of likely N-dealkylation sites (N-methyl/N-ethyl adjacent to an activating group) is 8. The van der Waals surface area contributed by atoms with Crippen molar-refractivity contribution >= 4 is 0 Å². The molecule has 0 aliphatic rings. The van der Waals surface area contributed by atoms with Gasteiger partial charge in [0.2, 0.25) is 0 Å². The van der Waals surface area contributed by atoms with E-state index in [-0.39, 0.29) is 394 Å². The number of nitrogens with one attached hydrogen (secondary N) is 4. The predicted octanol–water partition coefficient (Wildman–Crippen LogP) is 6.27. The first-order valence-corrected chi connectivity index (χ1v) is 29.0. The van der Waals surface area contributed by atoms with Crippen LogP contribution in [-0.2, 0) is 0 Å². The number of hydrogen-bond donors (Lipinski definition) is 12. The first kappa shape index (κ1) is 134. The van der Waals surface area contributed by atoms with Gasteiger partial charge in [0.1, 0.15) is 0 Å². The van der Waals surface area contributed by atoms with Gasteiger partial charge in [-0.1, -0.05) is 166 Å². The number of nitrogens with zero attached hydrogens (tertiary/aromatic N) is 4. The Morgan fingerprint density at radius 3 is 0.738 bits per heavy atom. The number of aliphatic hydroxyl groups excluding tert-OH is 8. The van der Waals surface area contributed by atoms with Crippen LogP contribution in [0.25, 0.3) is 0 Å². The third-order valence-electron chi connectivity index (χ3n) is 12.2.